The summed E-state index contributed by atoms with van der Waals surface area (Å²) in [6.07, 6.45) is 7.99. The molecule has 0 amide bonds. The van der Waals surface area contributed by atoms with Gasteiger partial charge in [-0.1, -0.05) is 12.1 Å². The summed E-state index contributed by atoms with van der Waals surface area (Å²) in [5, 5.41) is 6.38. The molecule has 0 saturated carbocycles. The molecule has 140 valence electrons. The maximum atomic E-state index is 13.2. The van der Waals surface area contributed by atoms with E-state index in [-0.39, 0.29) is 11.9 Å². The molecular weight excluding hydrogens is 359 g/mol. The normalized spacial score (nSPS) is 11.8. The molecule has 4 rings (SSSR count). The van der Waals surface area contributed by atoms with E-state index in [0.717, 1.165) is 11.1 Å². The van der Waals surface area contributed by atoms with Crippen molar-refractivity contribution in [3.05, 3.63) is 78.9 Å². The molecule has 1 aromatic carbocycles. The third kappa shape index (κ3) is 4.12. The smallest absolute Gasteiger partial charge is 0.225 e. The molecule has 8 heteroatoms. The molecule has 0 aliphatic heterocycles. The summed E-state index contributed by atoms with van der Waals surface area (Å²) in [4.78, 5) is 17.3. The van der Waals surface area contributed by atoms with Crippen LogP contribution in [0.3, 0.4) is 0 Å². The van der Waals surface area contributed by atoms with E-state index < -0.39 is 0 Å². The van der Waals surface area contributed by atoms with E-state index in [1.807, 2.05) is 13.0 Å². The molecule has 0 bridgehead atoms. The van der Waals surface area contributed by atoms with Crippen LogP contribution in [0.5, 0.6) is 0 Å². The molecule has 0 aliphatic rings. The van der Waals surface area contributed by atoms with Gasteiger partial charge in [0.15, 0.2) is 0 Å². The van der Waals surface area contributed by atoms with Gasteiger partial charge in [-0.05, 0) is 30.7 Å². The molecular formula is C20H17FN6O. The highest BCUT2D eigenvalue weighted by Gasteiger charge is 2.12. The largest absolute Gasteiger partial charge is 0.472 e. The van der Waals surface area contributed by atoms with E-state index in [9.17, 15) is 4.39 Å². The standard InChI is InChI=1S/C20H17FN6O/c1-13(14-2-4-16(21)5-3-14)24-20-25-17(15-6-9-28-12-15)10-18(27-20)26-19-11-22-7-8-23-19/h2-13H,1H3,(H2,23,24,25,26,27)/t13-/m0/s1. The Morgan fingerprint density at radius 3 is 2.61 bits per heavy atom. The highest BCUT2D eigenvalue weighted by molar-refractivity contribution is 5.65. The number of hydrogen-bond acceptors (Lipinski definition) is 7. The van der Waals surface area contributed by atoms with Crippen LogP contribution in [0.15, 0.2) is 71.9 Å². The summed E-state index contributed by atoms with van der Waals surface area (Å²) in [5.41, 5.74) is 2.42. The molecule has 3 heterocycles. The zero-order valence-electron chi connectivity index (χ0n) is 15.0. The van der Waals surface area contributed by atoms with E-state index in [1.165, 1.54) is 12.1 Å². The van der Waals surface area contributed by atoms with Crippen LogP contribution in [0.4, 0.5) is 22.0 Å². The van der Waals surface area contributed by atoms with Gasteiger partial charge >= 0.3 is 0 Å². The van der Waals surface area contributed by atoms with Gasteiger partial charge in [0.25, 0.3) is 0 Å². The number of nitrogens with zero attached hydrogens (tertiary/aromatic N) is 4. The highest BCUT2D eigenvalue weighted by Crippen LogP contribution is 2.25. The van der Waals surface area contributed by atoms with Gasteiger partial charge in [-0.2, -0.15) is 4.98 Å². The Morgan fingerprint density at radius 2 is 1.89 bits per heavy atom. The number of rotatable bonds is 6. The minimum absolute atomic E-state index is 0.121. The summed E-state index contributed by atoms with van der Waals surface area (Å²) < 4.78 is 18.3. The summed E-state index contributed by atoms with van der Waals surface area (Å²) in [6, 6.07) is 9.81. The maximum Gasteiger partial charge on any atom is 0.225 e. The van der Waals surface area contributed by atoms with Crippen LogP contribution in [-0.4, -0.2) is 19.9 Å². The second kappa shape index (κ2) is 7.83. The summed E-state index contributed by atoms with van der Waals surface area (Å²) in [5.74, 6) is 1.27. The van der Waals surface area contributed by atoms with Crippen LogP contribution in [0.1, 0.15) is 18.5 Å². The number of anilines is 3. The SMILES string of the molecule is C[C@H](Nc1nc(Nc2cnccn2)cc(-c2ccoc2)n1)c1ccc(F)cc1. The molecule has 0 radical (unpaired) electrons. The van der Waals surface area contributed by atoms with Crippen LogP contribution >= 0.6 is 0 Å². The van der Waals surface area contributed by atoms with Crippen molar-refractivity contribution in [2.75, 3.05) is 10.6 Å². The fourth-order valence-corrected chi connectivity index (χ4v) is 2.66. The number of hydrogen-bond donors (Lipinski definition) is 2. The van der Waals surface area contributed by atoms with Gasteiger partial charge in [0.05, 0.1) is 30.5 Å². The molecule has 1 atom stereocenters. The van der Waals surface area contributed by atoms with Crippen molar-refractivity contribution in [3.8, 4) is 11.3 Å². The molecule has 0 saturated heterocycles. The lowest BCUT2D eigenvalue weighted by atomic mass is 10.1. The first kappa shape index (κ1) is 17.6. The predicted octanol–water partition coefficient (Wildman–Crippen LogP) is 4.58. The Bertz CT molecular complexity index is 1040. The third-order valence-corrected chi connectivity index (χ3v) is 4.08. The van der Waals surface area contributed by atoms with Gasteiger partial charge in [-0.3, -0.25) is 4.98 Å². The first-order valence-corrected chi connectivity index (χ1v) is 8.64. The van der Waals surface area contributed by atoms with Gasteiger partial charge < -0.3 is 15.1 Å². The summed E-state index contributed by atoms with van der Waals surface area (Å²) in [7, 11) is 0. The van der Waals surface area contributed by atoms with Crippen LogP contribution in [0.25, 0.3) is 11.3 Å². The van der Waals surface area contributed by atoms with E-state index in [0.29, 0.717) is 23.3 Å². The molecule has 3 aromatic heterocycles. The predicted molar refractivity (Wildman–Crippen MR) is 103 cm³/mol. The lowest BCUT2D eigenvalue weighted by Gasteiger charge is -2.16. The van der Waals surface area contributed by atoms with Gasteiger partial charge in [0.1, 0.15) is 17.5 Å². The molecule has 0 aliphatic carbocycles. The lowest BCUT2D eigenvalue weighted by Crippen LogP contribution is -2.11. The zero-order chi connectivity index (χ0) is 19.3. The Morgan fingerprint density at radius 1 is 1.04 bits per heavy atom. The molecule has 0 spiro atoms. The van der Waals surface area contributed by atoms with Gasteiger partial charge in [-0.15, -0.1) is 0 Å². The van der Waals surface area contributed by atoms with E-state index in [4.69, 9.17) is 4.42 Å². The number of benzene rings is 1. The lowest BCUT2D eigenvalue weighted by molar-refractivity contribution is 0.568. The summed E-state index contributed by atoms with van der Waals surface area (Å²) in [6.45, 7) is 1.96. The van der Waals surface area contributed by atoms with Gasteiger partial charge in [-0.25, -0.2) is 14.4 Å². The van der Waals surface area contributed by atoms with Crippen LogP contribution in [0, 0.1) is 5.82 Å². The summed E-state index contributed by atoms with van der Waals surface area (Å²) >= 11 is 0. The number of halogens is 1. The first-order chi connectivity index (χ1) is 13.7. The Balaban J connectivity index is 1.64. The maximum absolute atomic E-state index is 13.2. The average molecular weight is 376 g/mol. The topological polar surface area (TPSA) is 88.8 Å². The average Bonchev–Trinajstić information content (AvgIpc) is 3.24. The Kier molecular flexibility index (Phi) is 4.92. The monoisotopic (exact) mass is 376 g/mol. The second-order valence-electron chi connectivity index (χ2n) is 6.11. The van der Waals surface area contributed by atoms with Crippen LogP contribution < -0.4 is 10.6 Å². The first-order valence-electron chi connectivity index (χ1n) is 8.64. The van der Waals surface area contributed by atoms with Crippen molar-refractivity contribution >= 4 is 17.6 Å². The quantitative estimate of drug-likeness (QED) is 0.509. The number of aromatic nitrogens is 4. The third-order valence-electron chi connectivity index (χ3n) is 4.08. The Labute approximate surface area is 160 Å². The van der Waals surface area contributed by atoms with Gasteiger partial charge in [0.2, 0.25) is 5.95 Å². The van der Waals surface area contributed by atoms with Crippen molar-refractivity contribution in [1.29, 1.82) is 0 Å². The number of furan rings is 1. The Hall–Kier alpha value is -3.81. The molecule has 2 N–H and O–H groups in total. The van der Waals surface area contributed by atoms with Crippen LogP contribution in [-0.2, 0) is 0 Å². The molecule has 4 aromatic rings. The van der Waals surface area contributed by atoms with E-state index in [2.05, 4.69) is 30.6 Å². The minimum Gasteiger partial charge on any atom is -0.472 e. The fourth-order valence-electron chi connectivity index (χ4n) is 2.66. The minimum atomic E-state index is -0.274. The van der Waals surface area contributed by atoms with Crippen molar-refractivity contribution in [2.24, 2.45) is 0 Å². The molecule has 7 nitrogen and oxygen atoms in total. The zero-order valence-corrected chi connectivity index (χ0v) is 15.0. The highest BCUT2D eigenvalue weighted by atomic mass is 19.1. The molecule has 28 heavy (non-hydrogen) atoms. The van der Waals surface area contributed by atoms with Crippen LogP contribution in [0.2, 0.25) is 0 Å². The van der Waals surface area contributed by atoms with Crippen molar-refractivity contribution in [1.82, 2.24) is 19.9 Å². The van der Waals surface area contributed by atoms with Crippen molar-refractivity contribution in [2.45, 2.75) is 13.0 Å². The van der Waals surface area contributed by atoms with Crippen molar-refractivity contribution < 1.29 is 8.81 Å². The fraction of sp³-hybridized carbons (Fsp3) is 0.100. The molecule has 0 fully saturated rings. The van der Waals surface area contributed by atoms with E-state index in [1.54, 1.807) is 49.3 Å². The second-order valence-corrected chi connectivity index (χ2v) is 6.11. The van der Waals surface area contributed by atoms with Gasteiger partial charge in [0, 0.05) is 24.0 Å². The van der Waals surface area contributed by atoms with Crippen molar-refractivity contribution in [3.63, 3.8) is 0 Å². The van der Waals surface area contributed by atoms with E-state index >= 15 is 0 Å². The number of nitrogens with one attached hydrogen (secondary N) is 2. The molecule has 0 unspecified atom stereocenters.